The van der Waals surface area contributed by atoms with Crippen LogP contribution in [0.15, 0.2) is 47.8 Å². The number of imidazole rings is 1. The summed E-state index contributed by atoms with van der Waals surface area (Å²) in [6.07, 6.45) is 5.88. The predicted octanol–water partition coefficient (Wildman–Crippen LogP) is 3.71. The predicted molar refractivity (Wildman–Crippen MR) is 108 cm³/mol. The summed E-state index contributed by atoms with van der Waals surface area (Å²) in [7, 11) is 0. The average molecular weight is 421 g/mol. The lowest BCUT2D eigenvalue weighted by molar-refractivity contribution is 0.102. The van der Waals surface area contributed by atoms with Crippen molar-refractivity contribution in [3.05, 3.63) is 74.6 Å². The van der Waals surface area contributed by atoms with E-state index in [1.807, 2.05) is 10.8 Å². The maximum Gasteiger partial charge on any atom is 0.267 e. The van der Waals surface area contributed by atoms with E-state index < -0.39 is 11.5 Å². The van der Waals surface area contributed by atoms with Crippen LogP contribution in [0.2, 0.25) is 10.0 Å². The van der Waals surface area contributed by atoms with Gasteiger partial charge in [0.1, 0.15) is 11.3 Å². The highest BCUT2D eigenvalue weighted by atomic mass is 35.5. The Morgan fingerprint density at radius 3 is 2.68 bits per heavy atom. The van der Waals surface area contributed by atoms with Crippen LogP contribution >= 0.6 is 23.2 Å². The summed E-state index contributed by atoms with van der Waals surface area (Å²) in [5.74, 6) is -1.09. The fourth-order valence-corrected chi connectivity index (χ4v) is 3.14. The van der Waals surface area contributed by atoms with Crippen molar-refractivity contribution in [2.75, 3.05) is 5.32 Å². The van der Waals surface area contributed by atoms with Crippen LogP contribution in [0.3, 0.4) is 0 Å². The van der Waals surface area contributed by atoms with Crippen molar-refractivity contribution in [1.82, 2.24) is 14.1 Å². The lowest BCUT2D eigenvalue weighted by Gasteiger charge is -2.14. The summed E-state index contributed by atoms with van der Waals surface area (Å²) < 4.78 is 3.37. The molecular weight excluding hydrogens is 403 g/mol. The van der Waals surface area contributed by atoms with Gasteiger partial charge in [-0.05, 0) is 31.5 Å². The van der Waals surface area contributed by atoms with Gasteiger partial charge < -0.3 is 19.6 Å². The third-order valence-corrected chi connectivity index (χ3v) is 4.99. The number of aromatic hydroxyl groups is 1. The van der Waals surface area contributed by atoms with Gasteiger partial charge in [0.2, 0.25) is 0 Å². The molecule has 2 heterocycles. The Kier molecular flexibility index (Phi) is 6.06. The number of pyridine rings is 1. The van der Waals surface area contributed by atoms with Crippen molar-refractivity contribution < 1.29 is 9.90 Å². The van der Waals surface area contributed by atoms with Crippen LogP contribution in [-0.4, -0.2) is 25.1 Å². The summed E-state index contributed by atoms with van der Waals surface area (Å²) in [5.41, 5.74) is 0.0599. The number of nitrogens with one attached hydrogen (secondary N) is 1. The van der Waals surface area contributed by atoms with Crippen LogP contribution in [0.1, 0.15) is 22.5 Å². The molecule has 2 N–H and O–H groups in total. The molecule has 1 aromatic carbocycles. The molecule has 0 atom stereocenters. The van der Waals surface area contributed by atoms with Crippen molar-refractivity contribution in [2.24, 2.45) is 0 Å². The number of benzene rings is 1. The lowest BCUT2D eigenvalue weighted by Crippen LogP contribution is -2.31. The quantitative estimate of drug-likeness (QED) is 0.635. The third kappa shape index (κ3) is 4.37. The highest BCUT2D eigenvalue weighted by molar-refractivity contribution is 6.42. The number of nitrogens with zero attached hydrogens (tertiary/aromatic N) is 3. The van der Waals surface area contributed by atoms with Gasteiger partial charge in [0, 0.05) is 42.9 Å². The number of carbonyl (C=O) groups is 1. The summed E-state index contributed by atoms with van der Waals surface area (Å²) in [6.45, 7) is 2.78. The van der Waals surface area contributed by atoms with Crippen LogP contribution < -0.4 is 10.9 Å². The Bertz CT molecular complexity index is 1060. The van der Waals surface area contributed by atoms with E-state index >= 15 is 0 Å². The van der Waals surface area contributed by atoms with Crippen molar-refractivity contribution in [2.45, 2.75) is 26.4 Å². The van der Waals surface area contributed by atoms with Crippen LogP contribution in [0, 0.1) is 6.92 Å². The fraction of sp³-hybridized carbons (Fsp3) is 0.211. The summed E-state index contributed by atoms with van der Waals surface area (Å²) in [5, 5.41) is 13.4. The maximum absolute atomic E-state index is 12.8. The van der Waals surface area contributed by atoms with Gasteiger partial charge in [-0.3, -0.25) is 9.59 Å². The summed E-state index contributed by atoms with van der Waals surface area (Å²) in [4.78, 5) is 29.4. The highest BCUT2D eigenvalue weighted by Crippen LogP contribution is 2.25. The van der Waals surface area contributed by atoms with Gasteiger partial charge in [0.05, 0.1) is 16.4 Å². The Labute approximate surface area is 171 Å². The molecule has 2 aromatic heterocycles. The van der Waals surface area contributed by atoms with Crippen LogP contribution in [0.4, 0.5) is 5.69 Å². The first kappa shape index (κ1) is 20.0. The van der Waals surface area contributed by atoms with E-state index in [4.69, 9.17) is 23.2 Å². The molecule has 7 nitrogen and oxygen atoms in total. The zero-order chi connectivity index (χ0) is 20.3. The number of hydrogen-bond donors (Lipinski definition) is 2. The molecule has 0 saturated carbocycles. The zero-order valence-electron chi connectivity index (χ0n) is 15.0. The first-order chi connectivity index (χ1) is 13.4. The SMILES string of the molecule is Cc1cc(O)c(C(=O)Nc2ccc(Cl)c(Cl)c2)c(=O)n1CCCn1ccnc1. The first-order valence-electron chi connectivity index (χ1n) is 8.52. The number of hydrogen-bond acceptors (Lipinski definition) is 4. The smallest absolute Gasteiger partial charge is 0.267 e. The molecule has 1 amide bonds. The van der Waals surface area contributed by atoms with E-state index in [0.717, 1.165) is 0 Å². The Morgan fingerprint density at radius 2 is 2.00 bits per heavy atom. The normalized spacial score (nSPS) is 10.8. The molecule has 9 heteroatoms. The Morgan fingerprint density at radius 1 is 1.21 bits per heavy atom. The number of aryl methyl sites for hydroxylation is 2. The van der Waals surface area contributed by atoms with Crippen molar-refractivity contribution in [3.8, 4) is 5.75 Å². The Hall–Kier alpha value is -2.77. The number of carbonyl (C=O) groups excluding carboxylic acids is 1. The number of aromatic nitrogens is 3. The van der Waals surface area contributed by atoms with E-state index in [2.05, 4.69) is 10.3 Å². The van der Waals surface area contributed by atoms with Gasteiger partial charge in [0.15, 0.2) is 0 Å². The van der Waals surface area contributed by atoms with Crippen molar-refractivity contribution in [1.29, 1.82) is 0 Å². The second-order valence-electron chi connectivity index (χ2n) is 6.24. The van der Waals surface area contributed by atoms with Gasteiger partial charge in [0.25, 0.3) is 11.5 Å². The third-order valence-electron chi connectivity index (χ3n) is 4.25. The zero-order valence-corrected chi connectivity index (χ0v) is 16.5. The molecule has 0 aliphatic rings. The minimum absolute atomic E-state index is 0.268. The monoisotopic (exact) mass is 420 g/mol. The molecule has 0 fully saturated rings. The van der Waals surface area contributed by atoms with Crippen LogP contribution in [-0.2, 0) is 13.1 Å². The van der Waals surface area contributed by atoms with Crippen molar-refractivity contribution >= 4 is 34.8 Å². The maximum atomic E-state index is 12.8. The minimum Gasteiger partial charge on any atom is -0.507 e. The molecule has 0 aliphatic carbocycles. The topological polar surface area (TPSA) is 89.2 Å². The summed E-state index contributed by atoms with van der Waals surface area (Å²) in [6, 6.07) is 5.96. The summed E-state index contributed by atoms with van der Waals surface area (Å²) >= 11 is 11.8. The molecule has 0 saturated heterocycles. The van der Waals surface area contributed by atoms with Crippen LogP contribution in [0.5, 0.6) is 5.75 Å². The number of amides is 1. The molecule has 0 bridgehead atoms. The number of anilines is 1. The van der Waals surface area contributed by atoms with Gasteiger partial charge in [-0.25, -0.2) is 4.98 Å². The van der Waals surface area contributed by atoms with Gasteiger partial charge in [-0.2, -0.15) is 0 Å². The number of rotatable bonds is 6. The fourth-order valence-electron chi connectivity index (χ4n) is 2.84. The molecule has 28 heavy (non-hydrogen) atoms. The standard InChI is InChI=1S/C19H18Cl2N4O3/c1-12-9-16(26)17(18(27)23-13-3-4-14(20)15(21)10-13)19(28)25(12)7-2-6-24-8-5-22-11-24/h3-5,8-11,26H,2,6-7H2,1H3,(H,23,27). The van der Waals surface area contributed by atoms with E-state index in [1.165, 1.54) is 22.8 Å². The van der Waals surface area contributed by atoms with E-state index in [1.54, 1.807) is 25.5 Å². The van der Waals surface area contributed by atoms with E-state index in [-0.39, 0.29) is 16.3 Å². The molecule has 0 radical (unpaired) electrons. The molecule has 0 spiro atoms. The largest absolute Gasteiger partial charge is 0.507 e. The lowest BCUT2D eigenvalue weighted by atomic mass is 10.2. The molecule has 146 valence electrons. The van der Waals surface area contributed by atoms with Gasteiger partial charge in [-0.15, -0.1) is 0 Å². The average Bonchev–Trinajstić information content (AvgIpc) is 3.14. The minimum atomic E-state index is -0.718. The van der Waals surface area contributed by atoms with E-state index in [0.29, 0.717) is 35.9 Å². The number of halogens is 2. The first-order valence-corrected chi connectivity index (χ1v) is 9.28. The van der Waals surface area contributed by atoms with Gasteiger partial charge in [-0.1, -0.05) is 23.2 Å². The van der Waals surface area contributed by atoms with Crippen LogP contribution in [0.25, 0.3) is 0 Å². The second-order valence-corrected chi connectivity index (χ2v) is 7.05. The highest BCUT2D eigenvalue weighted by Gasteiger charge is 2.20. The second kappa shape index (κ2) is 8.50. The Balaban J connectivity index is 1.82. The molecule has 0 aliphatic heterocycles. The molecule has 3 aromatic rings. The van der Waals surface area contributed by atoms with Crippen molar-refractivity contribution in [3.63, 3.8) is 0 Å². The molecular formula is C19H18Cl2N4O3. The molecule has 0 unspecified atom stereocenters. The van der Waals surface area contributed by atoms with Gasteiger partial charge >= 0.3 is 0 Å². The van der Waals surface area contributed by atoms with E-state index in [9.17, 15) is 14.7 Å². The molecule has 3 rings (SSSR count).